The lowest BCUT2D eigenvalue weighted by Crippen LogP contribution is -1.97. The highest BCUT2D eigenvalue weighted by Gasteiger charge is 2.21. The summed E-state index contributed by atoms with van der Waals surface area (Å²) in [4.78, 5) is 9.78. The average Bonchev–Trinajstić information content (AvgIpc) is 3.72. The molecule has 0 radical (unpaired) electrons. The first-order valence-corrected chi connectivity index (χ1v) is 20.0. The highest BCUT2D eigenvalue weighted by Crippen LogP contribution is 2.43. The topological polar surface area (TPSA) is 43.6 Å². The van der Waals surface area contributed by atoms with Crippen LogP contribution < -0.4 is 0 Å². The smallest absolute Gasteiger partial charge is 0.101 e. The maximum atomic E-state index is 5.40. The fourth-order valence-corrected chi connectivity index (χ4v) is 8.91. The number of para-hydroxylation sites is 1. The molecule has 0 fully saturated rings. The van der Waals surface area contributed by atoms with E-state index in [9.17, 15) is 0 Å². The summed E-state index contributed by atoms with van der Waals surface area (Å²) in [7, 11) is 0. The van der Waals surface area contributed by atoms with E-state index >= 15 is 0 Å². The maximum absolute atomic E-state index is 5.40. The first-order chi connectivity index (χ1) is 29.2. The Kier molecular flexibility index (Phi) is 7.50. The maximum Gasteiger partial charge on any atom is 0.101 e. The minimum atomic E-state index is 0.930. The normalized spacial score (nSPS) is 11.7. The minimum Gasteiger partial charge on any atom is -0.254 e. The summed E-state index contributed by atoms with van der Waals surface area (Å²) in [5.74, 6) is 0. The van der Waals surface area contributed by atoms with Crippen LogP contribution in [0, 0.1) is 0 Å². The summed E-state index contributed by atoms with van der Waals surface area (Å²) < 4.78 is 2.14. The van der Waals surface area contributed by atoms with E-state index in [2.05, 4.69) is 204 Å². The molecule has 0 aliphatic rings. The average molecular weight is 751 g/mol. The summed E-state index contributed by atoms with van der Waals surface area (Å²) in [6.45, 7) is 0. The van der Waals surface area contributed by atoms with E-state index in [0.717, 1.165) is 71.9 Å². The van der Waals surface area contributed by atoms with Crippen LogP contribution in [0.2, 0.25) is 0 Å². The van der Waals surface area contributed by atoms with Gasteiger partial charge in [-0.2, -0.15) is 5.10 Å². The molecule has 0 amide bonds. The van der Waals surface area contributed by atoms with Gasteiger partial charge in [0.1, 0.15) is 5.69 Å². The predicted molar refractivity (Wildman–Crippen MR) is 246 cm³/mol. The summed E-state index contributed by atoms with van der Waals surface area (Å²) in [6, 6.07) is 71.6. The van der Waals surface area contributed by atoms with E-state index in [1.165, 1.54) is 43.6 Å². The second-order valence-corrected chi connectivity index (χ2v) is 15.3. The number of fused-ring (bicyclic) bond motifs is 9. The molecule has 9 aromatic carbocycles. The number of hydrogen-bond donors (Lipinski definition) is 0. The largest absolute Gasteiger partial charge is 0.254 e. The molecule has 59 heavy (non-hydrogen) atoms. The lowest BCUT2D eigenvalue weighted by atomic mass is 9.91. The minimum absolute atomic E-state index is 0.930. The van der Waals surface area contributed by atoms with Crippen LogP contribution in [0.1, 0.15) is 0 Å². The summed E-state index contributed by atoms with van der Waals surface area (Å²) in [6.07, 6.45) is 1.84. The van der Waals surface area contributed by atoms with Crippen LogP contribution in [-0.2, 0) is 0 Å². The Morgan fingerprint density at radius 3 is 1.71 bits per heavy atom. The molecule has 0 aliphatic carbocycles. The summed E-state index contributed by atoms with van der Waals surface area (Å²) in [5, 5.41) is 15.9. The fraction of sp³-hybridized carbons (Fsp3) is 0. The monoisotopic (exact) mass is 750 g/mol. The molecule has 4 nitrogen and oxygen atoms in total. The lowest BCUT2D eigenvalue weighted by Gasteiger charge is -2.13. The van der Waals surface area contributed by atoms with Gasteiger partial charge in [0, 0.05) is 38.9 Å². The van der Waals surface area contributed by atoms with Crippen LogP contribution in [0.15, 0.2) is 206 Å². The van der Waals surface area contributed by atoms with Gasteiger partial charge in [-0.3, -0.25) is 4.98 Å². The van der Waals surface area contributed by atoms with E-state index in [4.69, 9.17) is 10.1 Å². The highest BCUT2D eigenvalue weighted by atomic mass is 15.3. The standard InChI is InChI=1S/C55H34N4/c1-4-11-35(12-5-1)48-34-43-21-20-40(33-49(43)55-51(48)52(36-13-6-2-7-14-36)58-59(55)45-16-8-3-9-17-45)39-24-27-46-41(31-39)22-23-42-32-44(25-28-47(42)46)50-29-26-38-19-18-37-15-10-30-56-53(37)54(38)57-50/h1-34H. The molecule has 0 N–H and O–H groups in total. The SMILES string of the molecule is c1ccc(-c2cc3ccc(-c4ccc5c(ccc6cc(-c7ccc8ccc9cccnc9c8n7)ccc65)c4)cc3c3c2c(-c2ccccc2)nn3-c2ccccc2)cc1. The first-order valence-electron chi connectivity index (χ1n) is 20.0. The third-order valence-electron chi connectivity index (χ3n) is 11.8. The summed E-state index contributed by atoms with van der Waals surface area (Å²) >= 11 is 0. The van der Waals surface area contributed by atoms with Gasteiger partial charge in [-0.25, -0.2) is 9.67 Å². The van der Waals surface area contributed by atoms with E-state index in [1.54, 1.807) is 0 Å². The molecule has 3 heterocycles. The van der Waals surface area contributed by atoms with Crippen molar-refractivity contribution in [2.24, 2.45) is 0 Å². The quantitative estimate of drug-likeness (QED) is 0.165. The first kappa shape index (κ1) is 33.2. The van der Waals surface area contributed by atoms with Crippen molar-refractivity contribution in [2.75, 3.05) is 0 Å². The molecular formula is C55H34N4. The molecule has 0 aliphatic heterocycles. The zero-order valence-electron chi connectivity index (χ0n) is 31.9. The summed E-state index contributed by atoms with van der Waals surface area (Å²) in [5.41, 5.74) is 12.8. The van der Waals surface area contributed by atoms with Gasteiger partial charge in [-0.1, -0.05) is 152 Å². The van der Waals surface area contributed by atoms with E-state index < -0.39 is 0 Å². The van der Waals surface area contributed by atoms with Crippen molar-refractivity contribution in [1.29, 1.82) is 0 Å². The molecule has 0 unspecified atom stereocenters. The third-order valence-corrected chi connectivity index (χ3v) is 11.8. The Hall–Kier alpha value is -7.95. The van der Waals surface area contributed by atoms with Crippen LogP contribution in [0.5, 0.6) is 0 Å². The number of rotatable bonds is 5. The van der Waals surface area contributed by atoms with Crippen LogP contribution in [0.3, 0.4) is 0 Å². The molecule has 0 saturated carbocycles. The Labute approximate surface area is 340 Å². The van der Waals surface area contributed by atoms with Crippen molar-refractivity contribution in [3.8, 4) is 50.5 Å². The van der Waals surface area contributed by atoms with Gasteiger partial charge >= 0.3 is 0 Å². The lowest BCUT2D eigenvalue weighted by molar-refractivity contribution is 0.918. The number of pyridine rings is 2. The van der Waals surface area contributed by atoms with Crippen LogP contribution in [0.4, 0.5) is 0 Å². The van der Waals surface area contributed by atoms with Crippen LogP contribution in [0.25, 0.3) is 115 Å². The zero-order chi connectivity index (χ0) is 38.9. The Balaban J connectivity index is 1.00. The number of nitrogens with zero attached hydrogens (tertiary/aromatic N) is 4. The van der Waals surface area contributed by atoms with Crippen molar-refractivity contribution >= 4 is 65.0 Å². The molecule has 4 heteroatoms. The second-order valence-electron chi connectivity index (χ2n) is 15.3. The van der Waals surface area contributed by atoms with E-state index in [-0.39, 0.29) is 0 Å². The Morgan fingerprint density at radius 1 is 0.373 bits per heavy atom. The highest BCUT2D eigenvalue weighted by molar-refractivity contribution is 6.18. The van der Waals surface area contributed by atoms with Gasteiger partial charge in [0.25, 0.3) is 0 Å². The molecule has 274 valence electrons. The molecule has 0 bridgehead atoms. The molecule has 3 aromatic heterocycles. The van der Waals surface area contributed by atoms with Crippen molar-refractivity contribution in [2.45, 2.75) is 0 Å². The van der Waals surface area contributed by atoms with Gasteiger partial charge in [0.15, 0.2) is 0 Å². The molecule has 12 aromatic rings. The van der Waals surface area contributed by atoms with Crippen molar-refractivity contribution in [3.05, 3.63) is 206 Å². The number of hydrogen-bond acceptors (Lipinski definition) is 3. The van der Waals surface area contributed by atoms with Gasteiger partial charge in [0.05, 0.1) is 27.9 Å². The number of benzene rings is 9. The van der Waals surface area contributed by atoms with E-state index in [0.29, 0.717) is 0 Å². The second kappa shape index (κ2) is 13.3. The fourth-order valence-electron chi connectivity index (χ4n) is 8.91. The van der Waals surface area contributed by atoms with Crippen molar-refractivity contribution < 1.29 is 0 Å². The van der Waals surface area contributed by atoms with Crippen LogP contribution in [-0.4, -0.2) is 19.7 Å². The van der Waals surface area contributed by atoms with Crippen molar-refractivity contribution in [3.63, 3.8) is 0 Å². The van der Waals surface area contributed by atoms with Crippen LogP contribution >= 0.6 is 0 Å². The van der Waals surface area contributed by atoms with Gasteiger partial charge < -0.3 is 0 Å². The van der Waals surface area contributed by atoms with Crippen molar-refractivity contribution in [1.82, 2.24) is 19.7 Å². The Bertz CT molecular complexity index is 3590. The number of aromatic nitrogens is 4. The molecule has 0 saturated heterocycles. The molecule has 12 rings (SSSR count). The van der Waals surface area contributed by atoms with Gasteiger partial charge in [-0.05, 0) is 97.7 Å². The van der Waals surface area contributed by atoms with E-state index in [1.807, 2.05) is 12.3 Å². The van der Waals surface area contributed by atoms with Gasteiger partial charge in [0.2, 0.25) is 0 Å². The third kappa shape index (κ3) is 5.49. The van der Waals surface area contributed by atoms with Gasteiger partial charge in [-0.15, -0.1) is 0 Å². The molecule has 0 spiro atoms. The Morgan fingerprint density at radius 2 is 0.949 bits per heavy atom. The molecule has 0 atom stereocenters. The zero-order valence-corrected chi connectivity index (χ0v) is 31.9. The molecular weight excluding hydrogens is 717 g/mol. The predicted octanol–water partition coefficient (Wildman–Crippen LogP) is 14.2.